The highest BCUT2D eigenvalue weighted by molar-refractivity contribution is 5.96. The van der Waals surface area contributed by atoms with Crippen molar-refractivity contribution in [3.8, 4) is 5.75 Å². The minimum absolute atomic E-state index is 0.0522. The standard InChI is InChI=1S/C26H34N2O4/c1-21(19-27-15-17-32-18-16-27)28(20-22-7-4-3-5-8-22)26(30)10-6-9-25(29)23-11-13-24(31-2)14-12-23/h3-5,7-8,11-14,21H,6,9-10,15-20H2,1-2H3. The lowest BCUT2D eigenvalue weighted by Gasteiger charge is -2.35. The number of hydrogen-bond donors (Lipinski definition) is 0. The molecule has 2 aromatic carbocycles. The second-order valence-electron chi connectivity index (χ2n) is 8.27. The van der Waals surface area contributed by atoms with E-state index >= 15 is 0 Å². The average molecular weight is 439 g/mol. The van der Waals surface area contributed by atoms with Gasteiger partial charge in [0.15, 0.2) is 5.78 Å². The molecule has 0 saturated carbocycles. The van der Waals surface area contributed by atoms with Crippen LogP contribution in [-0.2, 0) is 16.1 Å². The van der Waals surface area contributed by atoms with Crippen LogP contribution in [0.2, 0.25) is 0 Å². The fourth-order valence-electron chi connectivity index (χ4n) is 3.99. The van der Waals surface area contributed by atoms with Gasteiger partial charge in [-0.25, -0.2) is 0 Å². The van der Waals surface area contributed by atoms with Gasteiger partial charge in [-0.3, -0.25) is 14.5 Å². The lowest BCUT2D eigenvalue weighted by molar-refractivity contribution is -0.134. The molecule has 0 aromatic heterocycles. The maximum atomic E-state index is 13.2. The number of amides is 1. The van der Waals surface area contributed by atoms with Crippen LogP contribution in [0, 0.1) is 0 Å². The quantitative estimate of drug-likeness (QED) is 0.500. The van der Waals surface area contributed by atoms with Gasteiger partial charge in [-0.1, -0.05) is 30.3 Å². The molecule has 32 heavy (non-hydrogen) atoms. The van der Waals surface area contributed by atoms with E-state index in [0.29, 0.717) is 31.4 Å². The smallest absolute Gasteiger partial charge is 0.223 e. The molecular weight excluding hydrogens is 404 g/mol. The zero-order valence-electron chi connectivity index (χ0n) is 19.2. The molecule has 0 radical (unpaired) electrons. The number of rotatable bonds is 11. The highest BCUT2D eigenvalue weighted by Crippen LogP contribution is 2.16. The number of hydrogen-bond acceptors (Lipinski definition) is 5. The van der Waals surface area contributed by atoms with Gasteiger partial charge in [-0.05, 0) is 43.2 Å². The first kappa shape index (κ1) is 24.0. The molecule has 1 unspecified atom stereocenters. The van der Waals surface area contributed by atoms with Crippen molar-refractivity contribution in [2.75, 3.05) is 40.0 Å². The molecule has 1 aliphatic heterocycles. The number of nitrogens with zero attached hydrogens (tertiary/aromatic N) is 2. The largest absolute Gasteiger partial charge is 0.497 e. The summed E-state index contributed by atoms with van der Waals surface area (Å²) in [5, 5.41) is 0. The van der Waals surface area contributed by atoms with Gasteiger partial charge >= 0.3 is 0 Å². The Balaban J connectivity index is 1.57. The number of carbonyl (C=O) groups is 2. The Kier molecular flexibility index (Phi) is 9.26. The highest BCUT2D eigenvalue weighted by atomic mass is 16.5. The summed E-state index contributed by atoms with van der Waals surface area (Å²) in [6, 6.07) is 17.3. The summed E-state index contributed by atoms with van der Waals surface area (Å²) in [6.07, 6.45) is 1.26. The van der Waals surface area contributed by atoms with Gasteiger partial charge < -0.3 is 14.4 Å². The van der Waals surface area contributed by atoms with E-state index in [4.69, 9.17) is 9.47 Å². The van der Waals surface area contributed by atoms with Crippen LogP contribution < -0.4 is 4.74 Å². The Hall–Kier alpha value is -2.70. The van der Waals surface area contributed by atoms with Crippen LogP contribution >= 0.6 is 0 Å². The van der Waals surface area contributed by atoms with Crippen LogP contribution in [0.3, 0.4) is 0 Å². The van der Waals surface area contributed by atoms with Crippen molar-refractivity contribution < 1.29 is 19.1 Å². The van der Waals surface area contributed by atoms with Crippen molar-refractivity contribution in [3.63, 3.8) is 0 Å². The zero-order chi connectivity index (χ0) is 22.8. The Morgan fingerprint density at radius 2 is 1.72 bits per heavy atom. The third-order valence-corrected chi connectivity index (χ3v) is 5.88. The summed E-state index contributed by atoms with van der Waals surface area (Å²) in [5.41, 5.74) is 1.77. The van der Waals surface area contributed by atoms with Crippen molar-refractivity contribution in [1.82, 2.24) is 9.80 Å². The normalized spacial score (nSPS) is 15.2. The predicted molar refractivity (Wildman–Crippen MR) is 125 cm³/mol. The Bertz CT molecular complexity index is 848. The van der Waals surface area contributed by atoms with Gasteiger partial charge in [0.2, 0.25) is 5.91 Å². The number of morpholine rings is 1. The molecular formula is C26H34N2O4. The molecule has 172 valence electrons. The summed E-state index contributed by atoms with van der Waals surface area (Å²) in [6.45, 7) is 6.80. The fraction of sp³-hybridized carbons (Fsp3) is 0.462. The first-order valence-corrected chi connectivity index (χ1v) is 11.4. The molecule has 0 N–H and O–H groups in total. The first-order valence-electron chi connectivity index (χ1n) is 11.4. The maximum Gasteiger partial charge on any atom is 0.223 e. The summed E-state index contributed by atoms with van der Waals surface area (Å²) >= 11 is 0. The average Bonchev–Trinajstić information content (AvgIpc) is 2.83. The van der Waals surface area contributed by atoms with E-state index in [1.165, 1.54) is 0 Å². The Labute approximate surface area is 191 Å². The van der Waals surface area contributed by atoms with Crippen LogP contribution in [0.1, 0.15) is 42.1 Å². The summed E-state index contributed by atoms with van der Waals surface area (Å²) in [5.74, 6) is 0.871. The van der Waals surface area contributed by atoms with Crippen molar-refractivity contribution in [3.05, 3.63) is 65.7 Å². The van der Waals surface area contributed by atoms with Gasteiger partial charge in [0.1, 0.15) is 5.75 Å². The first-order chi connectivity index (χ1) is 15.6. The van der Waals surface area contributed by atoms with Gasteiger partial charge in [-0.15, -0.1) is 0 Å². The van der Waals surface area contributed by atoms with Crippen molar-refractivity contribution >= 4 is 11.7 Å². The molecule has 1 atom stereocenters. The number of Topliss-reactive ketones (excluding diaryl/α,β-unsaturated/α-hetero) is 1. The summed E-state index contributed by atoms with van der Waals surface area (Å²) < 4.78 is 10.6. The lowest BCUT2D eigenvalue weighted by atomic mass is 10.0. The fourth-order valence-corrected chi connectivity index (χ4v) is 3.99. The van der Waals surface area contributed by atoms with Crippen LogP contribution in [-0.4, -0.2) is 67.5 Å². The molecule has 6 nitrogen and oxygen atoms in total. The van der Waals surface area contributed by atoms with Crippen LogP contribution in [0.15, 0.2) is 54.6 Å². The SMILES string of the molecule is COc1ccc(C(=O)CCCC(=O)N(Cc2ccccc2)C(C)CN2CCOCC2)cc1. The second kappa shape index (κ2) is 12.4. The number of ketones is 1. The van der Waals surface area contributed by atoms with E-state index in [1.54, 1.807) is 31.4 Å². The third-order valence-electron chi connectivity index (χ3n) is 5.88. The monoisotopic (exact) mass is 438 g/mol. The number of ether oxygens (including phenoxy) is 2. The van der Waals surface area contributed by atoms with Gasteiger partial charge in [0, 0.05) is 50.6 Å². The predicted octanol–water partition coefficient (Wildman–Crippen LogP) is 3.80. The molecule has 1 amide bonds. The molecule has 1 aliphatic rings. The van der Waals surface area contributed by atoms with Gasteiger partial charge in [0.05, 0.1) is 20.3 Å². The zero-order valence-corrected chi connectivity index (χ0v) is 19.2. The molecule has 1 fully saturated rings. The number of carbonyl (C=O) groups excluding carboxylic acids is 2. The summed E-state index contributed by atoms with van der Waals surface area (Å²) in [4.78, 5) is 30.0. The summed E-state index contributed by atoms with van der Waals surface area (Å²) in [7, 11) is 1.60. The van der Waals surface area contributed by atoms with Crippen molar-refractivity contribution in [2.45, 2.75) is 38.8 Å². The Morgan fingerprint density at radius 1 is 1.03 bits per heavy atom. The maximum absolute atomic E-state index is 13.2. The van der Waals surface area contributed by atoms with E-state index in [-0.39, 0.29) is 17.7 Å². The molecule has 0 spiro atoms. The van der Waals surface area contributed by atoms with Crippen molar-refractivity contribution in [2.24, 2.45) is 0 Å². The molecule has 2 aromatic rings. The van der Waals surface area contributed by atoms with Crippen LogP contribution in [0.5, 0.6) is 5.75 Å². The number of methoxy groups -OCH3 is 1. The van der Waals surface area contributed by atoms with E-state index in [9.17, 15) is 9.59 Å². The Morgan fingerprint density at radius 3 is 2.38 bits per heavy atom. The van der Waals surface area contributed by atoms with E-state index in [0.717, 1.165) is 44.2 Å². The van der Waals surface area contributed by atoms with Gasteiger partial charge in [0.25, 0.3) is 0 Å². The van der Waals surface area contributed by atoms with E-state index in [2.05, 4.69) is 24.0 Å². The van der Waals surface area contributed by atoms with Gasteiger partial charge in [-0.2, -0.15) is 0 Å². The molecule has 0 bridgehead atoms. The highest BCUT2D eigenvalue weighted by Gasteiger charge is 2.23. The molecule has 1 saturated heterocycles. The van der Waals surface area contributed by atoms with E-state index in [1.807, 2.05) is 23.1 Å². The third kappa shape index (κ3) is 7.18. The lowest BCUT2D eigenvalue weighted by Crippen LogP contribution is -2.47. The second-order valence-corrected chi connectivity index (χ2v) is 8.27. The molecule has 3 rings (SSSR count). The molecule has 6 heteroatoms. The van der Waals surface area contributed by atoms with Crippen LogP contribution in [0.25, 0.3) is 0 Å². The van der Waals surface area contributed by atoms with E-state index < -0.39 is 0 Å². The molecule has 1 heterocycles. The minimum atomic E-state index is 0.0522. The minimum Gasteiger partial charge on any atom is -0.497 e. The topological polar surface area (TPSA) is 59.1 Å². The van der Waals surface area contributed by atoms with Crippen LogP contribution in [0.4, 0.5) is 0 Å². The number of benzene rings is 2. The molecule has 0 aliphatic carbocycles. The van der Waals surface area contributed by atoms with Crippen molar-refractivity contribution in [1.29, 1.82) is 0 Å².